The second-order valence-corrected chi connectivity index (χ2v) is 6.21. The lowest BCUT2D eigenvalue weighted by Crippen LogP contribution is -2.47. The van der Waals surface area contributed by atoms with E-state index in [1.807, 2.05) is 4.90 Å². The van der Waals surface area contributed by atoms with Crippen LogP contribution in [0.15, 0.2) is 12.1 Å². The van der Waals surface area contributed by atoms with Crippen LogP contribution in [0.1, 0.15) is 26.2 Å². The molecule has 0 radical (unpaired) electrons. The zero-order chi connectivity index (χ0) is 15.6. The molecule has 0 saturated carbocycles. The third-order valence-corrected chi connectivity index (χ3v) is 4.92. The van der Waals surface area contributed by atoms with Crippen LogP contribution in [0.5, 0.6) is 0 Å². The van der Waals surface area contributed by atoms with Gasteiger partial charge in [0.2, 0.25) is 0 Å². The largest absolute Gasteiger partial charge is 0.362 e. The summed E-state index contributed by atoms with van der Waals surface area (Å²) in [5.41, 5.74) is 6.37. The van der Waals surface area contributed by atoms with Gasteiger partial charge in [-0.3, -0.25) is 10.1 Å². The van der Waals surface area contributed by atoms with Crippen LogP contribution in [-0.2, 0) is 0 Å². The molecule has 1 fully saturated rings. The van der Waals surface area contributed by atoms with Gasteiger partial charge in [-0.15, -0.1) is 0 Å². The summed E-state index contributed by atoms with van der Waals surface area (Å²) in [5.74, 6) is 0.622. The Kier molecular flexibility index (Phi) is 5.30. The van der Waals surface area contributed by atoms with E-state index >= 15 is 0 Å². The normalized spacial score (nSPS) is 22.4. The van der Waals surface area contributed by atoms with E-state index in [9.17, 15) is 10.1 Å². The smallest absolute Gasteiger partial charge is 0.294 e. The molecule has 116 valence electrons. The highest BCUT2D eigenvalue weighted by atomic mass is 35.5. The average Bonchev–Trinajstić information content (AvgIpc) is 2.48. The second kappa shape index (κ2) is 6.81. The zero-order valence-electron chi connectivity index (χ0n) is 11.9. The highest BCUT2D eigenvalue weighted by molar-refractivity contribution is 6.42. The van der Waals surface area contributed by atoms with Crippen molar-refractivity contribution < 1.29 is 4.92 Å². The van der Waals surface area contributed by atoms with Crippen LogP contribution < -0.4 is 10.6 Å². The van der Waals surface area contributed by atoms with E-state index in [2.05, 4.69) is 6.92 Å². The number of anilines is 1. The first-order valence-electron chi connectivity index (χ1n) is 7.08. The maximum atomic E-state index is 11.3. The molecule has 1 aromatic carbocycles. The van der Waals surface area contributed by atoms with Gasteiger partial charge in [0, 0.05) is 25.2 Å². The van der Waals surface area contributed by atoms with Crippen LogP contribution >= 0.6 is 23.2 Å². The summed E-state index contributed by atoms with van der Waals surface area (Å²) in [6.07, 6.45) is 3.06. The molecule has 1 aromatic rings. The number of nitro benzene ring substituents is 1. The highest BCUT2D eigenvalue weighted by Gasteiger charge is 2.31. The number of hydrogen-bond donors (Lipinski definition) is 1. The Balaban J connectivity index is 2.40. The van der Waals surface area contributed by atoms with Crippen molar-refractivity contribution in [3.05, 3.63) is 32.3 Å². The fraction of sp³-hybridized carbons (Fsp3) is 0.571. The molecule has 2 rings (SSSR count). The van der Waals surface area contributed by atoms with Crippen molar-refractivity contribution in [2.75, 3.05) is 18.0 Å². The molecular weight excluding hydrogens is 313 g/mol. The number of nitro groups is 1. The Morgan fingerprint density at radius 3 is 2.67 bits per heavy atom. The average molecular weight is 332 g/mol. The minimum absolute atomic E-state index is 0.0159. The van der Waals surface area contributed by atoms with Crippen LogP contribution in [0.25, 0.3) is 0 Å². The first-order valence-corrected chi connectivity index (χ1v) is 7.83. The van der Waals surface area contributed by atoms with Gasteiger partial charge in [0.25, 0.3) is 5.69 Å². The van der Waals surface area contributed by atoms with Gasteiger partial charge in [-0.2, -0.15) is 0 Å². The van der Waals surface area contributed by atoms with Crippen LogP contribution in [0, 0.1) is 16.0 Å². The van der Waals surface area contributed by atoms with E-state index in [4.69, 9.17) is 28.9 Å². The Bertz CT molecular complexity index is 539. The van der Waals surface area contributed by atoms with E-state index in [1.54, 1.807) is 6.07 Å². The summed E-state index contributed by atoms with van der Waals surface area (Å²) in [4.78, 5) is 12.9. The molecule has 1 aliphatic rings. The van der Waals surface area contributed by atoms with E-state index in [-0.39, 0.29) is 16.8 Å². The summed E-state index contributed by atoms with van der Waals surface area (Å²) in [6.45, 7) is 3.38. The number of nitrogens with zero attached hydrogens (tertiary/aromatic N) is 2. The van der Waals surface area contributed by atoms with Gasteiger partial charge in [-0.05, 0) is 24.8 Å². The van der Waals surface area contributed by atoms with Gasteiger partial charge in [0.15, 0.2) is 0 Å². The van der Waals surface area contributed by atoms with Crippen LogP contribution in [0.4, 0.5) is 11.4 Å². The zero-order valence-corrected chi connectivity index (χ0v) is 13.4. The van der Waals surface area contributed by atoms with E-state index in [0.29, 0.717) is 23.2 Å². The van der Waals surface area contributed by atoms with E-state index in [1.165, 1.54) is 6.07 Å². The molecule has 0 aromatic heterocycles. The first kappa shape index (κ1) is 16.3. The molecule has 2 N–H and O–H groups in total. The van der Waals surface area contributed by atoms with Crippen molar-refractivity contribution in [3.8, 4) is 0 Å². The molecule has 0 amide bonds. The Morgan fingerprint density at radius 1 is 1.43 bits per heavy atom. The molecule has 2 unspecified atom stereocenters. The predicted octanol–water partition coefficient (Wildman–Crippen LogP) is 3.86. The fourth-order valence-electron chi connectivity index (χ4n) is 2.95. The van der Waals surface area contributed by atoms with Crippen molar-refractivity contribution in [2.45, 2.75) is 32.2 Å². The molecule has 2 atom stereocenters. The van der Waals surface area contributed by atoms with Crippen molar-refractivity contribution in [3.63, 3.8) is 0 Å². The number of nitrogens with two attached hydrogens (primary N) is 1. The van der Waals surface area contributed by atoms with Crippen molar-refractivity contribution in [2.24, 2.45) is 11.7 Å². The lowest BCUT2D eigenvalue weighted by atomic mass is 9.88. The molecular formula is C14H19Cl2N3O2. The predicted molar refractivity (Wildman–Crippen MR) is 86.3 cm³/mol. The van der Waals surface area contributed by atoms with Crippen LogP contribution in [0.2, 0.25) is 10.0 Å². The van der Waals surface area contributed by atoms with Gasteiger partial charge in [-0.1, -0.05) is 36.5 Å². The fourth-order valence-corrected chi connectivity index (χ4v) is 3.26. The van der Waals surface area contributed by atoms with Gasteiger partial charge in [0.1, 0.15) is 5.69 Å². The highest BCUT2D eigenvalue weighted by Crippen LogP contribution is 2.39. The lowest BCUT2D eigenvalue weighted by molar-refractivity contribution is -0.384. The monoisotopic (exact) mass is 331 g/mol. The molecule has 7 heteroatoms. The number of rotatable bonds is 4. The summed E-state index contributed by atoms with van der Waals surface area (Å²) < 4.78 is 0. The van der Waals surface area contributed by atoms with Gasteiger partial charge < -0.3 is 10.6 Å². The number of benzene rings is 1. The van der Waals surface area contributed by atoms with Gasteiger partial charge in [-0.25, -0.2) is 0 Å². The molecule has 0 bridgehead atoms. The molecule has 0 spiro atoms. The van der Waals surface area contributed by atoms with Crippen molar-refractivity contribution >= 4 is 34.6 Å². The Labute approximate surface area is 134 Å². The third kappa shape index (κ3) is 3.42. The summed E-state index contributed by atoms with van der Waals surface area (Å²) >= 11 is 11.9. The summed E-state index contributed by atoms with van der Waals surface area (Å²) in [6, 6.07) is 3.00. The Hall–Kier alpha value is -1.04. The first-order chi connectivity index (χ1) is 9.97. The molecule has 1 heterocycles. The number of hydrogen-bond acceptors (Lipinski definition) is 4. The van der Waals surface area contributed by atoms with Crippen LogP contribution in [0.3, 0.4) is 0 Å². The standard InChI is InChI=1S/C14H19Cl2N3O2/c1-2-9-3-4-18(10(5-9)8-17)13-6-11(15)12(16)7-14(13)19(20)21/h6-7,9-10H,2-5,8,17H2,1H3. The molecule has 1 saturated heterocycles. The second-order valence-electron chi connectivity index (χ2n) is 5.39. The number of halogens is 2. The minimum atomic E-state index is -0.420. The molecule has 0 aliphatic carbocycles. The topological polar surface area (TPSA) is 72.4 Å². The van der Waals surface area contributed by atoms with E-state index < -0.39 is 4.92 Å². The summed E-state index contributed by atoms with van der Waals surface area (Å²) in [7, 11) is 0. The summed E-state index contributed by atoms with van der Waals surface area (Å²) in [5, 5.41) is 11.8. The maximum absolute atomic E-state index is 11.3. The third-order valence-electron chi connectivity index (χ3n) is 4.20. The van der Waals surface area contributed by atoms with Gasteiger partial charge in [0.05, 0.1) is 15.0 Å². The van der Waals surface area contributed by atoms with Gasteiger partial charge >= 0.3 is 0 Å². The van der Waals surface area contributed by atoms with Crippen molar-refractivity contribution in [1.82, 2.24) is 0 Å². The maximum Gasteiger partial charge on any atom is 0.294 e. The quantitative estimate of drug-likeness (QED) is 0.671. The molecule has 5 nitrogen and oxygen atoms in total. The molecule has 21 heavy (non-hydrogen) atoms. The lowest BCUT2D eigenvalue weighted by Gasteiger charge is -2.40. The number of piperidine rings is 1. The minimum Gasteiger partial charge on any atom is -0.362 e. The van der Waals surface area contributed by atoms with Crippen LogP contribution in [-0.4, -0.2) is 24.1 Å². The Morgan fingerprint density at radius 2 is 2.10 bits per heavy atom. The SMILES string of the molecule is CCC1CCN(c2cc(Cl)c(Cl)cc2[N+](=O)[O-])C(CN)C1. The van der Waals surface area contributed by atoms with Crippen molar-refractivity contribution in [1.29, 1.82) is 0 Å². The van der Waals surface area contributed by atoms with E-state index in [0.717, 1.165) is 25.8 Å². The molecule has 1 aliphatic heterocycles.